The maximum absolute atomic E-state index is 8.68. The highest BCUT2D eigenvalue weighted by molar-refractivity contribution is 5.65. The topological polar surface area (TPSA) is 105 Å². The van der Waals surface area contributed by atoms with Crippen molar-refractivity contribution in [1.29, 1.82) is 10.5 Å². The molecule has 0 saturated carbocycles. The van der Waals surface area contributed by atoms with Crippen LogP contribution in [0, 0.1) is 22.7 Å². The van der Waals surface area contributed by atoms with Crippen molar-refractivity contribution in [3.8, 4) is 23.3 Å². The first-order valence-electron chi connectivity index (χ1n) is 5.49. The van der Waals surface area contributed by atoms with Gasteiger partial charge >= 0.3 is 6.16 Å². The van der Waals surface area contributed by atoms with Crippen LogP contribution in [0.4, 0.5) is 4.79 Å². The molecule has 98 valence electrons. The van der Waals surface area contributed by atoms with E-state index < -0.39 is 6.16 Å². The Morgan fingerprint density at radius 3 is 1.20 bits per heavy atom. The highest BCUT2D eigenvalue weighted by Gasteiger charge is 1.98. The van der Waals surface area contributed by atoms with E-state index in [1.165, 1.54) is 0 Å². The van der Waals surface area contributed by atoms with E-state index in [1.807, 2.05) is 24.3 Å². The lowest BCUT2D eigenvalue weighted by Gasteiger charge is -2.01. The number of hydrogen-bond donors (Lipinski definition) is 2. The number of carboxylic acid groups (broad SMARTS) is 2. The van der Waals surface area contributed by atoms with Crippen molar-refractivity contribution in [3.63, 3.8) is 0 Å². The van der Waals surface area contributed by atoms with Gasteiger partial charge in [0.1, 0.15) is 0 Å². The first kappa shape index (κ1) is 14.7. The van der Waals surface area contributed by atoms with Crippen LogP contribution in [0.5, 0.6) is 0 Å². The lowest BCUT2D eigenvalue weighted by atomic mass is 10.0. The Balaban J connectivity index is 0.000000444. The standard InChI is InChI=1S/C14H8N2.CH2O3/c15-9-11-1-5-13(6-2-11)14-7-3-12(10-16)4-8-14;2-1(3)4/h1-8H;(H2,2,3,4). The van der Waals surface area contributed by atoms with Gasteiger partial charge in [0.05, 0.1) is 23.3 Å². The first-order chi connectivity index (χ1) is 9.56. The summed E-state index contributed by atoms with van der Waals surface area (Å²) in [6, 6.07) is 18.9. The molecule has 0 aromatic heterocycles. The van der Waals surface area contributed by atoms with Gasteiger partial charge in [-0.1, -0.05) is 24.3 Å². The summed E-state index contributed by atoms with van der Waals surface area (Å²) in [6.07, 6.45) is -1.83. The third-order valence-electron chi connectivity index (χ3n) is 2.36. The van der Waals surface area contributed by atoms with Crippen molar-refractivity contribution in [2.75, 3.05) is 0 Å². The lowest BCUT2D eigenvalue weighted by Crippen LogP contribution is -1.81. The maximum Gasteiger partial charge on any atom is 0.503 e. The van der Waals surface area contributed by atoms with E-state index in [2.05, 4.69) is 12.1 Å². The van der Waals surface area contributed by atoms with E-state index in [-0.39, 0.29) is 0 Å². The van der Waals surface area contributed by atoms with Gasteiger partial charge in [-0.15, -0.1) is 0 Å². The van der Waals surface area contributed by atoms with Gasteiger partial charge < -0.3 is 10.2 Å². The van der Waals surface area contributed by atoms with Crippen LogP contribution >= 0.6 is 0 Å². The van der Waals surface area contributed by atoms with Crippen molar-refractivity contribution < 1.29 is 15.0 Å². The van der Waals surface area contributed by atoms with Gasteiger partial charge in [0, 0.05) is 0 Å². The number of hydrogen-bond acceptors (Lipinski definition) is 3. The van der Waals surface area contributed by atoms with E-state index in [0.717, 1.165) is 11.1 Å². The molecule has 0 saturated heterocycles. The van der Waals surface area contributed by atoms with E-state index >= 15 is 0 Å². The molecule has 0 heterocycles. The fraction of sp³-hybridized carbons (Fsp3) is 0. The molecule has 5 nitrogen and oxygen atoms in total. The third kappa shape index (κ3) is 4.52. The van der Waals surface area contributed by atoms with Gasteiger partial charge in [-0.3, -0.25) is 0 Å². The molecule has 0 bridgehead atoms. The smallest absolute Gasteiger partial charge is 0.450 e. The molecule has 0 fully saturated rings. The number of rotatable bonds is 1. The fourth-order valence-electron chi connectivity index (χ4n) is 1.47. The predicted molar refractivity (Wildman–Crippen MR) is 72.0 cm³/mol. The average Bonchev–Trinajstić information content (AvgIpc) is 2.47. The van der Waals surface area contributed by atoms with Gasteiger partial charge in [-0.2, -0.15) is 10.5 Å². The minimum absolute atomic E-state index is 0.650. The molecule has 0 unspecified atom stereocenters. The molecular weight excluding hydrogens is 256 g/mol. The summed E-state index contributed by atoms with van der Waals surface area (Å²) in [6.45, 7) is 0. The zero-order chi connectivity index (χ0) is 15.0. The molecule has 0 radical (unpaired) electrons. The molecule has 0 aliphatic carbocycles. The van der Waals surface area contributed by atoms with E-state index in [9.17, 15) is 0 Å². The molecule has 0 aliphatic rings. The Morgan fingerprint density at radius 2 is 1.00 bits per heavy atom. The summed E-state index contributed by atoms with van der Waals surface area (Å²) in [5.74, 6) is 0. The molecule has 2 aromatic carbocycles. The summed E-state index contributed by atoms with van der Waals surface area (Å²) in [5.41, 5.74) is 3.39. The van der Waals surface area contributed by atoms with Crippen LogP contribution < -0.4 is 0 Å². The molecule has 2 N–H and O–H groups in total. The van der Waals surface area contributed by atoms with Gasteiger partial charge in [0.25, 0.3) is 0 Å². The van der Waals surface area contributed by atoms with Gasteiger partial charge in [0.2, 0.25) is 0 Å². The van der Waals surface area contributed by atoms with Crippen molar-refractivity contribution >= 4 is 6.16 Å². The largest absolute Gasteiger partial charge is 0.503 e. The Kier molecular flexibility index (Phi) is 5.31. The first-order valence-corrected chi connectivity index (χ1v) is 5.49. The van der Waals surface area contributed by atoms with Crippen LogP contribution in [0.3, 0.4) is 0 Å². The lowest BCUT2D eigenvalue weighted by molar-refractivity contribution is 0.137. The minimum atomic E-state index is -1.83. The van der Waals surface area contributed by atoms with Crippen LogP contribution in [0.25, 0.3) is 11.1 Å². The van der Waals surface area contributed by atoms with E-state index in [0.29, 0.717) is 11.1 Å². The number of nitriles is 2. The van der Waals surface area contributed by atoms with Crippen LogP contribution in [-0.2, 0) is 0 Å². The molecule has 2 rings (SSSR count). The minimum Gasteiger partial charge on any atom is -0.450 e. The summed E-state index contributed by atoms with van der Waals surface area (Å²) >= 11 is 0. The summed E-state index contributed by atoms with van der Waals surface area (Å²) in [7, 11) is 0. The second kappa shape index (κ2) is 7.20. The van der Waals surface area contributed by atoms with Gasteiger partial charge in [0.15, 0.2) is 0 Å². The summed E-state index contributed by atoms with van der Waals surface area (Å²) < 4.78 is 0. The van der Waals surface area contributed by atoms with Crippen molar-refractivity contribution in [2.45, 2.75) is 0 Å². The normalized spacial score (nSPS) is 8.50. The maximum atomic E-state index is 8.68. The van der Waals surface area contributed by atoms with E-state index in [1.54, 1.807) is 24.3 Å². The molecule has 0 atom stereocenters. The van der Waals surface area contributed by atoms with Crippen LogP contribution in [0.2, 0.25) is 0 Å². The number of benzene rings is 2. The summed E-state index contributed by atoms with van der Waals surface area (Å²) in [4.78, 5) is 8.56. The van der Waals surface area contributed by atoms with Gasteiger partial charge in [-0.25, -0.2) is 4.79 Å². The second-order valence-corrected chi connectivity index (χ2v) is 3.66. The molecule has 0 aliphatic heterocycles. The molecule has 20 heavy (non-hydrogen) atoms. The Bertz CT molecular complexity index is 603. The zero-order valence-electron chi connectivity index (χ0n) is 10.3. The van der Waals surface area contributed by atoms with E-state index in [4.69, 9.17) is 25.5 Å². The summed E-state index contributed by atoms with van der Waals surface area (Å²) in [5, 5.41) is 31.3. The highest BCUT2D eigenvalue weighted by atomic mass is 16.6. The molecule has 2 aromatic rings. The number of carbonyl (C=O) groups is 1. The Morgan fingerprint density at radius 1 is 0.750 bits per heavy atom. The molecule has 0 amide bonds. The van der Waals surface area contributed by atoms with Crippen molar-refractivity contribution in [3.05, 3.63) is 59.7 Å². The van der Waals surface area contributed by atoms with Crippen molar-refractivity contribution in [2.24, 2.45) is 0 Å². The van der Waals surface area contributed by atoms with Crippen LogP contribution in [0.1, 0.15) is 11.1 Å². The molecule has 5 heteroatoms. The third-order valence-corrected chi connectivity index (χ3v) is 2.36. The van der Waals surface area contributed by atoms with Gasteiger partial charge in [-0.05, 0) is 35.4 Å². The Labute approximate surface area is 115 Å². The quantitative estimate of drug-likeness (QED) is 0.823. The second-order valence-electron chi connectivity index (χ2n) is 3.66. The van der Waals surface area contributed by atoms with Crippen LogP contribution in [-0.4, -0.2) is 16.4 Å². The van der Waals surface area contributed by atoms with Crippen LogP contribution in [0.15, 0.2) is 48.5 Å². The monoisotopic (exact) mass is 266 g/mol. The average molecular weight is 266 g/mol. The zero-order valence-corrected chi connectivity index (χ0v) is 10.3. The van der Waals surface area contributed by atoms with Crippen molar-refractivity contribution in [1.82, 2.24) is 0 Å². The molecular formula is C15H10N2O3. The predicted octanol–water partition coefficient (Wildman–Crippen LogP) is 3.32. The SMILES string of the molecule is N#Cc1ccc(-c2ccc(C#N)cc2)cc1.O=C(O)O. The molecule has 0 spiro atoms. The highest BCUT2D eigenvalue weighted by Crippen LogP contribution is 2.19. The Hall–Kier alpha value is -3.31. The number of nitrogens with zero attached hydrogens (tertiary/aromatic N) is 2. The fourth-order valence-corrected chi connectivity index (χ4v) is 1.47.